The van der Waals surface area contributed by atoms with Crippen molar-refractivity contribution in [2.75, 3.05) is 19.8 Å². The van der Waals surface area contributed by atoms with E-state index in [2.05, 4.69) is 22.3 Å². The molecule has 2 aromatic rings. The first kappa shape index (κ1) is 14.2. The minimum Gasteiger partial charge on any atom is -0.382 e. The highest BCUT2D eigenvalue weighted by molar-refractivity contribution is 5.33. The molecule has 1 atom stereocenters. The lowest BCUT2D eigenvalue weighted by molar-refractivity contribution is 0.0597. The van der Waals surface area contributed by atoms with Gasteiger partial charge in [-0.15, -0.1) is 0 Å². The van der Waals surface area contributed by atoms with Crippen LogP contribution in [0.1, 0.15) is 36.2 Å². The lowest BCUT2D eigenvalue weighted by Gasteiger charge is -2.34. The standard InChI is InChI=1S/C15H19N3O3/c16-10-12(19)13-17-14(18-21-13)15(6-8-20-9-7-15)11-4-2-1-3-5-11/h1-5,12,19H,6-10,16H2/t12-/m0/s1. The first-order valence-electron chi connectivity index (χ1n) is 7.12. The van der Waals surface area contributed by atoms with E-state index in [1.165, 1.54) is 0 Å². The van der Waals surface area contributed by atoms with Gasteiger partial charge in [0.05, 0.1) is 5.41 Å². The van der Waals surface area contributed by atoms with Gasteiger partial charge in [0.15, 0.2) is 5.82 Å². The van der Waals surface area contributed by atoms with Gasteiger partial charge in [-0.05, 0) is 18.4 Å². The van der Waals surface area contributed by atoms with Crippen LogP contribution in [-0.2, 0) is 10.2 Å². The maximum absolute atomic E-state index is 9.75. The van der Waals surface area contributed by atoms with Crippen molar-refractivity contribution >= 4 is 0 Å². The summed E-state index contributed by atoms with van der Waals surface area (Å²) in [6.07, 6.45) is 0.655. The van der Waals surface area contributed by atoms with Crippen LogP contribution in [0.2, 0.25) is 0 Å². The van der Waals surface area contributed by atoms with E-state index in [0.717, 1.165) is 18.4 Å². The fourth-order valence-corrected chi connectivity index (χ4v) is 2.78. The first-order valence-corrected chi connectivity index (χ1v) is 7.12. The molecule has 0 radical (unpaired) electrons. The number of nitrogens with two attached hydrogens (primary N) is 1. The van der Waals surface area contributed by atoms with Crippen LogP contribution in [0, 0.1) is 0 Å². The molecule has 1 aliphatic rings. The Kier molecular flexibility index (Phi) is 4.01. The van der Waals surface area contributed by atoms with Crippen molar-refractivity contribution in [3.05, 3.63) is 47.6 Å². The SMILES string of the molecule is NC[C@H](O)c1nc(C2(c3ccccc3)CCOCC2)no1. The number of hydrogen-bond acceptors (Lipinski definition) is 6. The van der Waals surface area contributed by atoms with Crippen LogP contribution in [0.3, 0.4) is 0 Å². The minimum absolute atomic E-state index is 0.0586. The highest BCUT2D eigenvalue weighted by Crippen LogP contribution is 2.39. The molecule has 0 bridgehead atoms. The average Bonchev–Trinajstić information content (AvgIpc) is 3.06. The zero-order valence-electron chi connectivity index (χ0n) is 11.7. The normalized spacial score (nSPS) is 19.3. The van der Waals surface area contributed by atoms with Crippen molar-refractivity contribution < 1.29 is 14.4 Å². The van der Waals surface area contributed by atoms with Crippen LogP contribution in [0.15, 0.2) is 34.9 Å². The Bertz CT molecular complexity index is 579. The number of aromatic nitrogens is 2. The molecule has 112 valence electrons. The number of benzene rings is 1. The second-order valence-corrected chi connectivity index (χ2v) is 5.27. The Morgan fingerprint density at radius 1 is 1.24 bits per heavy atom. The summed E-state index contributed by atoms with van der Waals surface area (Å²) in [5.74, 6) is 0.772. The van der Waals surface area contributed by atoms with E-state index in [9.17, 15) is 5.11 Å². The fraction of sp³-hybridized carbons (Fsp3) is 0.467. The molecule has 0 amide bonds. The van der Waals surface area contributed by atoms with E-state index >= 15 is 0 Å². The molecule has 1 fully saturated rings. The largest absolute Gasteiger partial charge is 0.382 e. The second kappa shape index (κ2) is 5.93. The van der Waals surface area contributed by atoms with Gasteiger partial charge in [-0.25, -0.2) is 0 Å². The predicted molar refractivity (Wildman–Crippen MR) is 75.6 cm³/mol. The Balaban J connectivity index is 2.02. The Labute approximate surface area is 122 Å². The van der Waals surface area contributed by atoms with Crippen molar-refractivity contribution in [1.29, 1.82) is 0 Å². The molecule has 6 heteroatoms. The predicted octanol–water partition coefficient (Wildman–Crippen LogP) is 1.16. The Hall–Kier alpha value is -1.76. The summed E-state index contributed by atoms with van der Waals surface area (Å²) in [4.78, 5) is 4.39. The Morgan fingerprint density at radius 3 is 2.62 bits per heavy atom. The van der Waals surface area contributed by atoms with E-state index in [1.807, 2.05) is 18.2 Å². The monoisotopic (exact) mass is 289 g/mol. The number of aliphatic hydroxyl groups excluding tert-OH is 1. The van der Waals surface area contributed by atoms with Crippen molar-refractivity contribution in [3.63, 3.8) is 0 Å². The van der Waals surface area contributed by atoms with Crippen LogP contribution in [0.5, 0.6) is 0 Å². The van der Waals surface area contributed by atoms with Gasteiger partial charge in [0, 0.05) is 19.8 Å². The number of aliphatic hydroxyl groups is 1. The van der Waals surface area contributed by atoms with Gasteiger partial charge in [0.2, 0.25) is 0 Å². The van der Waals surface area contributed by atoms with Gasteiger partial charge in [-0.1, -0.05) is 35.5 Å². The lowest BCUT2D eigenvalue weighted by atomic mass is 9.73. The molecule has 21 heavy (non-hydrogen) atoms. The highest BCUT2D eigenvalue weighted by Gasteiger charge is 2.40. The third-order valence-corrected chi connectivity index (χ3v) is 4.05. The minimum atomic E-state index is -0.918. The van der Waals surface area contributed by atoms with Crippen LogP contribution in [0.4, 0.5) is 0 Å². The van der Waals surface area contributed by atoms with Crippen molar-refractivity contribution in [2.45, 2.75) is 24.4 Å². The van der Waals surface area contributed by atoms with Crippen LogP contribution in [-0.4, -0.2) is 35.0 Å². The van der Waals surface area contributed by atoms with E-state index < -0.39 is 6.10 Å². The zero-order valence-corrected chi connectivity index (χ0v) is 11.7. The van der Waals surface area contributed by atoms with Gasteiger partial charge in [0.25, 0.3) is 5.89 Å². The van der Waals surface area contributed by atoms with Gasteiger partial charge in [0.1, 0.15) is 6.10 Å². The molecule has 6 nitrogen and oxygen atoms in total. The van der Waals surface area contributed by atoms with Gasteiger partial charge < -0.3 is 20.1 Å². The maximum Gasteiger partial charge on any atom is 0.256 e. The van der Waals surface area contributed by atoms with Crippen LogP contribution < -0.4 is 5.73 Å². The van der Waals surface area contributed by atoms with E-state index in [-0.39, 0.29) is 17.9 Å². The summed E-state index contributed by atoms with van der Waals surface area (Å²) in [5, 5.41) is 13.8. The van der Waals surface area contributed by atoms with Gasteiger partial charge in [-0.3, -0.25) is 0 Å². The molecule has 1 aromatic carbocycles. The molecule has 3 N–H and O–H groups in total. The number of nitrogens with zero attached hydrogens (tertiary/aromatic N) is 2. The molecule has 1 aliphatic heterocycles. The van der Waals surface area contributed by atoms with Crippen molar-refractivity contribution in [3.8, 4) is 0 Å². The van der Waals surface area contributed by atoms with Gasteiger partial charge in [-0.2, -0.15) is 4.98 Å². The van der Waals surface area contributed by atoms with Crippen molar-refractivity contribution in [1.82, 2.24) is 10.1 Å². The highest BCUT2D eigenvalue weighted by atomic mass is 16.5. The fourth-order valence-electron chi connectivity index (χ4n) is 2.78. The molecule has 0 aliphatic carbocycles. The number of hydrogen-bond donors (Lipinski definition) is 2. The topological polar surface area (TPSA) is 94.4 Å². The molecule has 0 saturated carbocycles. The Morgan fingerprint density at radius 2 is 1.95 bits per heavy atom. The zero-order chi connectivity index (χ0) is 14.7. The summed E-state index contributed by atoms with van der Waals surface area (Å²) in [7, 11) is 0. The maximum atomic E-state index is 9.75. The molecule has 3 rings (SSSR count). The van der Waals surface area contributed by atoms with Crippen molar-refractivity contribution in [2.24, 2.45) is 5.73 Å². The second-order valence-electron chi connectivity index (χ2n) is 5.27. The first-order chi connectivity index (χ1) is 10.3. The summed E-state index contributed by atoms with van der Waals surface area (Å²) in [6.45, 7) is 1.36. The van der Waals surface area contributed by atoms with Crippen LogP contribution in [0.25, 0.3) is 0 Å². The van der Waals surface area contributed by atoms with Crippen LogP contribution >= 0.6 is 0 Å². The summed E-state index contributed by atoms with van der Waals surface area (Å²) in [6, 6.07) is 10.1. The third-order valence-electron chi connectivity index (χ3n) is 4.05. The summed E-state index contributed by atoms with van der Waals surface area (Å²) >= 11 is 0. The lowest BCUT2D eigenvalue weighted by Crippen LogP contribution is -2.36. The molecular formula is C15H19N3O3. The third kappa shape index (κ3) is 2.57. The summed E-state index contributed by atoms with van der Waals surface area (Å²) in [5.41, 5.74) is 6.26. The van der Waals surface area contributed by atoms with E-state index in [1.54, 1.807) is 0 Å². The summed E-state index contributed by atoms with van der Waals surface area (Å²) < 4.78 is 10.7. The smallest absolute Gasteiger partial charge is 0.256 e. The number of ether oxygens (including phenoxy) is 1. The quantitative estimate of drug-likeness (QED) is 0.877. The number of rotatable bonds is 4. The molecule has 0 unspecified atom stereocenters. The molecule has 1 aromatic heterocycles. The molecule has 1 saturated heterocycles. The average molecular weight is 289 g/mol. The van der Waals surface area contributed by atoms with Gasteiger partial charge >= 0.3 is 0 Å². The molecule has 2 heterocycles. The van der Waals surface area contributed by atoms with E-state index in [4.69, 9.17) is 15.0 Å². The van der Waals surface area contributed by atoms with E-state index in [0.29, 0.717) is 19.0 Å². The molecular weight excluding hydrogens is 270 g/mol. The molecule has 0 spiro atoms.